The number of hydrogen-bond donors (Lipinski definition) is 1. The molecule has 0 aliphatic rings. The Kier molecular flexibility index (Phi) is 2.76. The van der Waals surface area contributed by atoms with Crippen LogP contribution in [-0.4, -0.2) is 16.2 Å². The highest BCUT2D eigenvalue weighted by Crippen LogP contribution is 2.30. The second-order valence-electron chi connectivity index (χ2n) is 4.26. The van der Waals surface area contributed by atoms with Gasteiger partial charge in [-0.1, -0.05) is 41.6 Å². The smallest absolute Gasteiger partial charge is 0.307 e. The Hall–Kier alpha value is -2.62. The number of hydrogen-bond acceptors (Lipinski definition) is 3. The lowest BCUT2D eigenvalue weighted by Gasteiger charge is -2.04. The molecular weight excluding hydrogens is 242 g/mol. The van der Waals surface area contributed by atoms with Crippen molar-refractivity contribution in [3.63, 3.8) is 0 Å². The summed E-state index contributed by atoms with van der Waals surface area (Å²) in [5, 5.41) is 13.9. The van der Waals surface area contributed by atoms with Gasteiger partial charge in [0.25, 0.3) is 0 Å². The second kappa shape index (κ2) is 4.57. The Labute approximate surface area is 109 Å². The number of nitrogens with zero attached hydrogens (tertiary/aromatic N) is 1. The summed E-state index contributed by atoms with van der Waals surface area (Å²) >= 11 is 0. The highest BCUT2D eigenvalue weighted by Gasteiger charge is 2.14. The van der Waals surface area contributed by atoms with Crippen molar-refractivity contribution in [2.45, 2.75) is 6.42 Å². The first-order chi connectivity index (χ1) is 9.25. The van der Waals surface area contributed by atoms with Crippen molar-refractivity contribution in [1.82, 2.24) is 5.16 Å². The molecule has 0 fully saturated rings. The number of carboxylic acids is 1. The van der Waals surface area contributed by atoms with Crippen LogP contribution in [-0.2, 0) is 11.2 Å². The number of fused-ring (bicyclic) bond motifs is 1. The minimum absolute atomic E-state index is 0.0304. The fourth-order valence-electron chi connectivity index (χ4n) is 2.15. The molecule has 2 aromatic carbocycles. The lowest BCUT2D eigenvalue weighted by Crippen LogP contribution is -2.01. The van der Waals surface area contributed by atoms with Gasteiger partial charge in [0.2, 0.25) is 0 Å². The average molecular weight is 253 g/mol. The predicted molar refractivity (Wildman–Crippen MR) is 70.8 cm³/mol. The van der Waals surface area contributed by atoms with E-state index in [1.165, 1.54) is 0 Å². The molecule has 0 aliphatic heterocycles. The molecule has 0 saturated heterocycles. The van der Waals surface area contributed by atoms with Crippen molar-refractivity contribution in [3.8, 4) is 11.3 Å². The van der Waals surface area contributed by atoms with E-state index in [9.17, 15) is 4.79 Å². The Morgan fingerprint density at radius 1 is 1.11 bits per heavy atom. The van der Waals surface area contributed by atoms with Crippen molar-refractivity contribution in [2.75, 3.05) is 0 Å². The van der Waals surface area contributed by atoms with Crippen molar-refractivity contribution in [2.24, 2.45) is 0 Å². The lowest BCUT2D eigenvalue weighted by atomic mass is 10.00. The van der Waals surface area contributed by atoms with E-state index in [2.05, 4.69) is 5.16 Å². The minimum Gasteiger partial charge on any atom is -0.481 e. The monoisotopic (exact) mass is 253 g/mol. The zero-order valence-corrected chi connectivity index (χ0v) is 10.0. The average Bonchev–Trinajstić information content (AvgIpc) is 2.82. The molecule has 94 valence electrons. The first-order valence-corrected chi connectivity index (χ1v) is 5.90. The number of aromatic nitrogens is 1. The molecule has 4 heteroatoms. The second-order valence-corrected chi connectivity index (χ2v) is 4.26. The van der Waals surface area contributed by atoms with Crippen molar-refractivity contribution in [1.29, 1.82) is 0 Å². The van der Waals surface area contributed by atoms with E-state index in [-0.39, 0.29) is 6.42 Å². The number of para-hydroxylation sites is 1. The van der Waals surface area contributed by atoms with Crippen molar-refractivity contribution < 1.29 is 14.4 Å². The summed E-state index contributed by atoms with van der Waals surface area (Å²) in [5.41, 5.74) is 2.92. The fourth-order valence-corrected chi connectivity index (χ4v) is 2.15. The van der Waals surface area contributed by atoms with Gasteiger partial charge in [0.15, 0.2) is 5.58 Å². The summed E-state index contributed by atoms with van der Waals surface area (Å²) in [6.07, 6.45) is -0.0304. The fraction of sp³-hybridized carbons (Fsp3) is 0.0667. The highest BCUT2D eigenvalue weighted by molar-refractivity contribution is 5.92. The molecule has 19 heavy (non-hydrogen) atoms. The van der Waals surface area contributed by atoms with Crippen molar-refractivity contribution >= 4 is 16.9 Å². The number of rotatable bonds is 3. The molecular formula is C15H11NO3. The number of benzene rings is 2. The lowest BCUT2D eigenvalue weighted by molar-refractivity contribution is -0.136. The van der Waals surface area contributed by atoms with Crippen LogP contribution < -0.4 is 0 Å². The van der Waals surface area contributed by atoms with Crippen LogP contribution in [0.25, 0.3) is 22.2 Å². The summed E-state index contributed by atoms with van der Waals surface area (Å²) in [6, 6.07) is 14.9. The molecule has 4 nitrogen and oxygen atoms in total. The van der Waals surface area contributed by atoms with E-state index in [0.29, 0.717) is 11.3 Å². The summed E-state index contributed by atoms with van der Waals surface area (Å²) in [7, 11) is 0. The summed E-state index contributed by atoms with van der Waals surface area (Å²) in [4.78, 5) is 10.9. The molecule has 0 bridgehead atoms. The first kappa shape index (κ1) is 11.5. The predicted octanol–water partition coefficient (Wildman–Crippen LogP) is 3.12. The molecule has 0 amide bonds. The van der Waals surface area contributed by atoms with Gasteiger partial charge in [-0.3, -0.25) is 4.79 Å². The van der Waals surface area contributed by atoms with Crippen LogP contribution in [0.2, 0.25) is 0 Å². The SMILES string of the molecule is O=C(O)Cc1ccccc1-c1noc2ccccc12. The molecule has 0 atom stereocenters. The molecule has 0 spiro atoms. The van der Waals surface area contributed by atoms with Crippen LogP contribution in [0.1, 0.15) is 5.56 Å². The Balaban J connectivity index is 2.19. The molecule has 0 saturated carbocycles. The number of aliphatic carboxylic acids is 1. The van der Waals surface area contributed by atoms with Gasteiger partial charge >= 0.3 is 5.97 Å². The van der Waals surface area contributed by atoms with E-state index in [1.807, 2.05) is 42.5 Å². The van der Waals surface area contributed by atoms with Gasteiger partial charge < -0.3 is 9.63 Å². The third-order valence-electron chi connectivity index (χ3n) is 2.99. The largest absolute Gasteiger partial charge is 0.481 e. The van der Waals surface area contributed by atoms with Gasteiger partial charge in [0.1, 0.15) is 5.69 Å². The normalized spacial score (nSPS) is 10.7. The highest BCUT2D eigenvalue weighted by atomic mass is 16.5. The zero-order chi connectivity index (χ0) is 13.2. The molecule has 3 rings (SSSR count). The zero-order valence-electron chi connectivity index (χ0n) is 10.0. The van der Waals surface area contributed by atoms with Gasteiger partial charge in [-0.15, -0.1) is 0 Å². The number of carbonyl (C=O) groups is 1. The molecule has 1 N–H and O–H groups in total. The molecule has 0 aliphatic carbocycles. The maximum Gasteiger partial charge on any atom is 0.307 e. The van der Waals surface area contributed by atoms with Crippen LogP contribution in [0, 0.1) is 0 Å². The molecule has 1 heterocycles. The van der Waals surface area contributed by atoms with Gasteiger partial charge in [0, 0.05) is 10.9 Å². The summed E-state index contributed by atoms with van der Waals surface area (Å²) in [6.45, 7) is 0. The summed E-state index contributed by atoms with van der Waals surface area (Å²) in [5.74, 6) is -0.861. The molecule has 3 aromatic rings. The van der Waals surface area contributed by atoms with Crippen LogP contribution in [0.5, 0.6) is 0 Å². The Bertz CT molecular complexity index is 746. The topological polar surface area (TPSA) is 63.3 Å². The third kappa shape index (κ3) is 2.08. The maximum atomic E-state index is 10.9. The number of carboxylic acid groups (broad SMARTS) is 1. The van der Waals surface area contributed by atoms with Crippen LogP contribution in [0.3, 0.4) is 0 Å². The van der Waals surface area contributed by atoms with Gasteiger partial charge in [0.05, 0.1) is 6.42 Å². The quantitative estimate of drug-likeness (QED) is 0.778. The van der Waals surface area contributed by atoms with Gasteiger partial charge in [-0.05, 0) is 17.7 Å². The maximum absolute atomic E-state index is 10.9. The van der Waals surface area contributed by atoms with E-state index in [0.717, 1.165) is 16.5 Å². The van der Waals surface area contributed by atoms with Crippen LogP contribution in [0.4, 0.5) is 0 Å². The van der Waals surface area contributed by atoms with Crippen LogP contribution >= 0.6 is 0 Å². The standard InChI is InChI=1S/C15H11NO3/c17-14(18)9-10-5-1-2-6-11(10)15-12-7-3-4-8-13(12)19-16-15/h1-8H,9H2,(H,17,18). The van der Waals surface area contributed by atoms with Gasteiger partial charge in [-0.25, -0.2) is 0 Å². The molecule has 0 unspecified atom stereocenters. The minimum atomic E-state index is -0.861. The van der Waals surface area contributed by atoms with E-state index in [4.69, 9.17) is 9.63 Å². The Morgan fingerprint density at radius 2 is 1.84 bits per heavy atom. The molecule has 0 radical (unpaired) electrons. The van der Waals surface area contributed by atoms with E-state index >= 15 is 0 Å². The Morgan fingerprint density at radius 3 is 2.68 bits per heavy atom. The van der Waals surface area contributed by atoms with E-state index < -0.39 is 5.97 Å². The van der Waals surface area contributed by atoms with Crippen molar-refractivity contribution in [3.05, 3.63) is 54.1 Å². The third-order valence-corrected chi connectivity index (χ3v) is 2.99. The van der Waals surface area contributed by atoms with Gasteiger partial charge in [-0.2, -0.15) is 0 Å². The first-order valence-electron chi connectivity index (χ1n) is 5.90. The van der Waals surface area contributed by atoms with E-state index in [1.54, 1.807) is 6.07 Å². The molecule has 1 aromatic heterocycles. The summed E-state index contributed by atoms with van der Waals surface area (Å²) < 4.78 is 5.27. The van der Waals surface area contributed by atoms with Crippen LogP contribution in [0.15, 0.2) is 53.1 Å².